The van der Waals surface area contributed by atoms with Crippen LogP contribution < -0.4 is 4.90 Å². The van der Waals surface area contributed by atoms with E-state index in [0.717, 1.165) is 18.8 Å². The predicted octanol–water partition coefficient (Wildman–Crippen LogP) is 1.45. The number of nitro groups is 1. The molecule has 98 valence electrons. The topological polar surface area (TPSA) is 64.8 Å². The molecule has 1 aromatic carbocycles. The standard InChI is InChI=1S/C12H16N2O4/c1-17-9-12-8-13(6-7-18-12)10-2-4-11(5-3-10)14(15)16/h2-5,12H,6-9H2,1H3. The summed E-state index contributed by atoms with van der Waals surface area (Å²) in [5, 5.41) is 10.6. The molecule has 0 bridgehead atoms. The zero-order chi connectivity index (χ0) is 13.0. The van der Waals surface area contributed by atoms with Crippen molar-refractivity contribution in [1.29, 1.82) is 0 Å². The molecule has 1 aliphatic rings. The molecular weight excluding hydrogens is 236 g/mol. The highest BCUT2D eigenvalue weighted by Gasteiger charge is 2.20. The Labute approximate surface area is 105 Å². The molecule has 2 rings (SSSR count). The molecule has 0 amide bonds. The van der Waals surface area contributed by atoms with E-state index in [1.165, 1.54) is 12.1 Å². The molecule has 0 saturated carbocycles. The van der Waals surface area contributed by atoms with Crippen molar-refractivity contribution in [2.45, 2.75) is 6.10 Å². The molecule has 1 atom stereocenters. The Morgan fingerprint density at radius 3 is 2.83 bits per heavy atom. The molecule has 0 aromatic heterocycles. The number of nitro benzene ring substituents is 1. The number of benzene rings is 1. The van der Waals surface area contributed by atoms with Crippen molar-refractivity contribution in [1.82, 2.24) is 0 Å². The number of hydrogen-bond donors (Lipinski definition) is 0. The Morgan fingerprint density at radius 2 is 2.22 bits per heavy atom. The summed E-state index contributed by atoms with van der Waals surface area (Å²) in [5.74, 6) is 0. The molecule has 1 aliphatic heterocycles. The maximum atomic E-state index is 10.6. The van der Waals surface area contributed by atoms with Gasteiger partial charge in [-0.15, -0.1) is 0 Å². The van der Waals surface area contributed by atoms with E-state index in [0.29, 0.717) is 13.2 Å². The van der Waals surface area contributed by atoms with Crippen LogP contribution in [0.1, 0.15) is 0 Å². The lowest BCUT2D eigenvalue weighted by Gasteiger charge is -2.34. The number of hydrogen-bond acceptors (Lipinski definition) is 5. The Kier molecular flexibility index (Phi) is 4.11. The average molecular weight is 252 g/mol. The van der Waals surface area contributed by atoms with Crippen LogP contribution in [0.15, 0.2) is 24.3 Å². The van der Waals surface area contributed by atoms with Gasteiger partial charge in [-0.25, -0.2) is 0 Å². The fourth-order valence-corrected chi connectivity index (χ4v) is 2.03. The van der Waals surface area contributed by atoms with Gasteiger partial charge in [-0.2, -0.15) is 0 Å². The third-order valence-corrected chi connectivity index (χ3v) is 2.92. The molecular formula is C12H16N2O4. The van der Waals surface area contributed by atoms with Gasteiger partial charge in [0.1, 0.15) is 0 Å². The molecule has 0 radical (unpaired) electrons. The first kappa shape index (κ1) is 12.8. The molecule has 1 unspecified atom stereocenters. The monoisotopic (exact) mass is 252 g/mol. The van der Waals surface area contributed by atoms with Crippen LogP contribution >= 0.6 is 0 Å². The van der Waals surface area contributed by atoms with Gasteiger partial charge in [-0.05, 0) is 12.1 Å². The van der Waals surface area contributed by atoms with Crippen molar-refractivity contribution < 1.29 is 14.4 Å². The second kappa shape index (κ2) is 5.79. The van der Waals surface area contributed by atoms with E-state index in [1.54, 1.807) is 19.2 Å². The van der Waals surface area contributed by atoms with E-state index < -0.39 is 4.92 Å². The Hall–Kier alpha value is -1.66. The summed E-state index contributed by atoms with van der Waals surface area (Å²) in [6.07, 6.45) is 0.0546. The first-order valence-electron chi connectivity index (χ1n) is 5.80. The lowest BCUT2D eigenvalue weighted by molar-refractivity contribution is -0.384. The summed E-state index contributed by atoms with van der Waals surface area (Å²) < 4.78 is 10.6. The Bertz CT molecular complexity index is 405. The molecule has 1 aromatic rings. The van der Waals surface area contributed by atoms with Crippen LogP contribution in [0.25, 0.3) is 0 Å². The third kappa shape index (κ3) is 2.96. The summed E-state index contributed by atoms with van der Waals surface area (Å²) in [4.78, 5) is 12.3. The molecule has 1 heterocycles. The van der Waals surface area contributed by atoms with Gasteiger partial charge in [0.15, 0.2) is 0 Å². The summed E-state index contributed by atoms with van der Waals surface area (Å²) in [7, 11) is 1.65. The molecule has 1 saturated heterocycles. The highest BCUT2D eigenvalue weighted by atomic mass is 16.6. The predicted molar refractivity (Wildman–Crippen MR) is 66.9 cm³/mol. The summed E-state index contributed by atoms with van der Waals surface area (Å²) in [6.45, 7) is 2.73. The zero-order valence-electron chi connectivity index (χ0n) is 10.2. The molecule has 0 spiro atoms. The molecule has 0 aliphatic carbocycles. The van der Waals surface area contributed by atoms with Gasteiger partial charge < -0.3 is 14.4 Å². The maximum Gasteiger partial charge on any atom is 0.269 e. The van der Waals surface area contributed by atoms with Crippen LogP contribution in [0.4, 0.5) is 11.4 Å². The van der Waals surface area contributed by atoms with Gasteiger partial charge in [0.25, 0.3) is 5.69 Å². The summed E-state index contributed by atoms with van der Waals surface area (Å²) >= 11 is 0. The Morgan fingerprint density at radius 1 is 1.50 bits per heavy atom. The highest BCUT2D eigenvalue weighted by Crippen LogP contribution is 2.21. The van der Waals surface area contributed by atoms with E-state index >= 15 is 0 Å². The lowest BCUT2D eigenvalue weighted by Crippen LogP contribution is -2.44. The average Bonchev–Trinajstić information content (AvgIpc) is 2.39. The van der Waals surface area contributed by atoms with Gasteiger partial charge in [0, 0.05) is 38.0 Å². The van der Waals surface area contributed by atoms with Crippen LogP contribution in [0.5, 0.6) is 0 Å². The summed E-state index contributed by atoms with van der Waals surface area (Å²) in [6, 6.07) is 6.59. The van der Waals surface area contributed by atoms with Crippen molar-refractivity contribution in [2.24, 2.45) is 0 Å². The minimum absolute atomic E-state index is 0.0546. The van der Waals surface area contributed by atoms with Gasteiger partial charge in [-0.3, -0.25) is 10.1 Å². The van der Waals surface area contributed by atoms with Crippen molar-refractivity contribution in [3.8, 4) is 0 Å². The molecule has 1 fully saturated rings. The summed E-state index contributed by atoms with van der Waals surface area (Å²) in [5.41, 5.74) is 1.09. The Balaban J connectivity index is 2.04. The zero-order valence-corrected chi connectivity index (χ0v) is 10.2. The van der Waals surface area contributed by atoms with E-state index in [9.17, 15) is 10.1 Å². The van der Waals surface area contributed by atoms with E-state index in [4.69, 9.17) is 9.47 Å². The quantitative estimate of drug-likeness (QED) is 0.599. The van der Waals surface area contributed by atoms with Crippen molar-refractivity contribution in [3.05, 3.63) is 34.4 Å². The SMILES string of the molecule is COCC1CN(c2ccc([N+](=O)[O-])cc2)CCO1. The molecule has 18 heavy (non-hydrogen) atoms. The van der Waals surface area contributed by atoms with Crippen LogP contribution in [0, 0.1) is 10.1 Å². The third-order valence-electron chi connectivity index (χ3n) is 2.92. The fraction of sp³-hybridized carbons (Fsp3) is 0.500. The molecule has 6 heteroatoms. The van der Waals surface area contributed by atoms with Gasteiger partial charge in [0.2, 0.25) is 0 Å². The molecule has 6 nitrogen and oxygen atoms in total. The minimum Gasteiger partial charge on any atom is -0.382 e. The second-order valence-electron chi connectivity index (χ2n) is 4.17. The van der Waals surface area contributed by atoms with E-state index in [2.05, 4.69) is 4.90 Å². The number of methoxy groups -OCH3 is 1. The first-order valence-corrected chi connectivity index (χ1v) is 5.80. The number of rotatable bonds is 4. The van der Waals surface area contributed by atoms with Crippen LogP contribution in [0.3, 0.4) is 0 Å². The first-order chi connectivity index (χ1) is 8.70. The number of non-ortho nitro benzene ring substituents is 1. The van der Waals surface area contributed by atoms with Crippen LogP contribution in [-0.2, 0) is 9.47 Å². The maximum absolute atomic E-state index is 10.6. The number of anilines is 1. The number of nitrogens with zero attached hydrogens (tertiary/aromatic N) is 2. The lowest BCUT2D eigenvalue weighted by atomic mass is 10.2. The van der Waals surface area contributed by atoms with Gasteiger partial charge in [0.05, 0.1) is 24.2 Å². The number of ether oxygens (including phenoxy) is 2. The van der Waals surface area contributed by atoms with Gasteiger partial charge in [-0.1, -0.05) is 0 Å². The van der Waals surface area contributed by atoms with Crippen LogP contribution in [-0.4, -0.2) is 44.4 Å². The van der Waals surface area contributed by atoms with E-state index in [-0.39, 0.29) is 11.8 Å². The fourth-order valence-electron chi connectivity index (χ4n) is 2.03. The second-order valence-corrected chi connectivity index (χ2v) is 4.17. The molecule has 0 N–H and O–H groups in total. The van der Waals surface area contributed by atoms with E-state index in [1.807, 2.05) is 0 Å². The highest BCUT2D eigenvalue weighted by molar-refractivity contribution is 5.51. The van der Waals surface area contributed by atoms with Crippen molar-refractivity contribution in [3.63, 3.8) is 0 Å². The van der Waals surface area contributed by atoms with Crippen molar-refractivity contribution in [2.75, 3.05) is 38.3 Å². The normalized spacial score (nSPS) is 19.8. The smallest absolute Gasteiger partial charge is 0.269 e. The largest absolute Gasteiger partial charge is 0.382 e. The van der Waals surface area contributed by atoms with Gasteiger partial charge >= 0.3 is 0 Å². The number of morpholine rings is 1. The van der Waals surface area contributed by atoms with Crippen molar-refractivity contribution >= 4 is 11.4 Å². The van der Waals surface area contributed by atoms with Crippen LogP contribution in [0.2, 0.25) is 0 Å². The minimum atomic E-state index is -0.392.